The van der Waals surface area contributed by atoms with E-state index < -0.39 is 0 Å². The van der Waals surface area contributed by atoms with Crippen LogP contribution in [0.5, 0.6) is 0 Å². The molecule has 1 heterocycles. The summed E-state index contributed by atoms with van der Waals surface area (Å²) in [6, 6.07) is 0.670. The summed E-state index contributed by atoms with van der Waals surface area (Å²) in [6.45, 7) is 6.36. The Morgan fingerprint density at radius 3 is 2.54 bits per heavy atom. The summed E-state index contributed by atoms with van der Waals surface area (Å²) >= 11 is 0. The fraction of sp³-hybridized carbons (Fsp3) is 1.00. The van der Waals surface area contributed by atoms with E-state index in [-0.39, 0.29) is 5.60 Å². The summed E-state index contributed by atoms with van der Waals surface area (Å²) in [4.78, 5) is 2.42. The molecule has 1 saturated heterocycles. The van der Waals surface area contributed by atoms with Gasteiger partial charge in [0.05, 0.1) is 5.60 Å². The van der Waals surface area contributed by atoms with Crippen molar-refractivity contribution in [1.29, 1.82) is 0 Å². The van der Waals surface area contributed by atoms with Crippen LogP contribution < -0.4 is 0 Å². The minimum absolute atomic E-state index is 0.290. The number of β-amino-alcohol motifs (C(OH)–C–C–N with tert-alkyl or cyclic N) is 1. The van der Waals surface area contributed by atoms with Gasteiger partial charge >= 0.3 is 0 Å². The highest BCUT2D eigenvalue weighted by Gasteiger charge is 2.52. The molecule has 0 bridgehead atoms. The Balaban J connectivity index is 1.76. The van der Waals surface area contributed by atoms with Crippen LogP contribution in [0.3, 0.4) is 0 Å². The summed E-state index contributed by atoms with van der Waals surface area (Å²) in [7, 11) is 0. The van der Waals surface area contributed by atoms with E-state index in [1.54, 1.807) is 0 Å². The lowest BCUT2D eigenvalue weighted by atomic mass is 9.87. The molecule has 1 aliphatic carbocycles. The number of hydrogen-bond acceptors (Lipinski definition) is 2. The van der Waals surface area contributed by atoms with E-state index >= 15 is 0 Å². The molecule has 0 amide bonds. The Morgan fingerprint density at radius 1 is 1.46 bits per heavy atom. The Hall–Kier alpha value is -0.0800. The first-order chi connectivity index (χ1) is 6.15. The second kappa shape index (κ2) is 3.25. The fourth-order valence-corrected chi connectivity index (χ4v) is 2.45. The lowest BCUT2D eigenvalue weighted by molar-refractivity contribution is -0.127. The van der Waals surface area contributed by atoms with Crippen LogP contribution >= 0.6 is 0 Å². The van der Waals surface area contributed by atoms with Crippen LogP contribution in [0, 0.1) is 5.92 Å². The Morgan fingerprint density at radius 2 is 2.08 bits per heavy atom. The van der Waals surface area contributed by atoms with Gasteiger partial charge in [-0.2, -0.15) is 0 Å². The molecule has 2 nitrogen and oxygen atoms in total. The van der Waals surface area contributed by atoms with Crippen molar-refractivity contribution < 1.29 is 5.11 Å². The molecule has 0 aromatic carbocycles. The van der Waals surface area contributed by atoms with Crippen LogP contribution in [-0.2, 0) is 0 Å². The Labute approximate surface area is 80.9 Å². The zero-order valence-corrected chi connectivity index (χ0v) is 8.79. The Kier molecular flexibility index (Phi) is 2.37. The fourth-order valence-electron chi connectivity index (χ4n) is 2.45. The zero-order valence-electron chi connectivity index (χ0n) is 8.79. The van der Waals surface area contributed by atoms with Gasteiger partial charge in [0.1, 0.15) is 0 Å². The smallest absolute Gasteiger partial charge is 0.0928 e. The SMILES string of the molecule is CCCC(C)N1CC(O)(C2CC2)C1. The van der Waals surface area contributed by atoms with E-state index in [1.165, 1.54) is 25.7 Å². The first kappa shape index (κ1) is 9.47. The molecule has 0 radical (unpaired) electrons. The van der Waals surface area contributed by atoms with E-state index in [4.69, 9.17) is 0 Å². The third kappa shape index (κ3) is 1.75. The van der Waals surface area contributed by atoms with Crippen molar-refractivity contribution >= 4 is 0 Å². The van der Waals surface area contributed by atoms with Crippen molar-refractivity contribution in [3.8, 4) is 0 Å². The maximum absolute atomic E-state index is 10.1. The molecule has 0 spiro atoms. The van der Waals surface area contributed by atoms with Crippen molar-refractivity contribution in [2.45, 2.75) is 51.2 Å². The van der Waals surface area contributed by atoms with Crippen LogP contribution in [-0.4, -0.2) is 34.7 Å². The second-order valence-electron chi connectivity index (χ2n) is 4.92. The number of hydrogen-bond donors (Lipinski definition) is 1. The molecule has 1 unspecified atom stereocenters. The lowest BCUT2D eigenvalue weighted by Crippen LogP contribution is -2.65. The molecule has 2 heteroatoms. The number of aliphatic hydroxyl groups is 1. The van der Waals surface area contributed by atoms with Gasteiger partial charge in [0.15, 0.2) is 0 Å². The van der Waals surface area contributed by atoms with Crippen LogP contribution in [0.15, 0.2) is 0 Å². The van der Waals surface area contributed by atoms with Crippen molar-refractivity contribution in [2.75, 3.05) is 13.1 Å². The predicted molar refractivity (Wildman–Crippen MR) is 53.6 cm³/mol. The molecule has 13 heavy (non-hydrogen) atoms. The number of rotatable bonds is 4. The van der Waals surface area contributed by atoms with Gasteiger partial charge in [-0.15, -0.1) is 0 Å². The van der Waals surface area contributed by atoms with Crippen molar-refractivity contribution in [2.24, 2.45) is 5.92 Å². The number of nitrogens with zero attached hydrogens (tertiary/aromatic N) is 1. The van der Waals surface area contributed by atoms with Gasteiger partial charge in [-0.1, -0.05) is 13.3 Å². The molecule has 0 aromatic rings. The molecule has 1 aliphatic heterocycles. The van der Waals surface area contributed by atoms with E-state index in [2.05, 4.69) is 18.7 Å². The molecule has 2 fully saturated rings. The van der Waals surface area contributed by atoms with E-state index in [9.17, 15) is 5.11 Å². The number of likely N-dealkylation sites (tertiary alicyclic amines) is 1. The Bertz CT molecular complexity index is 183. The van der Waals surface area contributed by atoms with Crippen LogP contribution in [0.2, 0.25) is 0 Å². The average Bonchev–Trinajstić information content (AvgIpc) is 2.81. The third-order valence-electron chi connectivity index (χ3n) is 3.62. The summed E-state index contributed by atoms with van der Waals surface area (Å²) < 4.78 is 0. The van der Waals surface area contributed by atoms with Gasteiger partial charge in [-0.3, -0.25) is 4.90 Å². The lowest BCUT2D eigenvalue weighted by Gasteiger charge is -2.50. The molecular formula is C11H21NO. The second-order valence-corrected chi connectivity index (χ2v) is 4.92. The normalized spacial score (nSPS) is 29.8. The van der Waals surface area contributed by atoms with Gasteiger partial charge in [0.2, 0.25) is 0 Å². The highest BCUT2D eigenvalue weighted by molar-refractivity contribution is 5.06. The first-order valence-corrected chi connectivity index (χ1v) is 5.62. The van der Waals surface area contributed by atoms with Gasteiger partial charge in [0, 0.05) is 19.1 Å². The highest BCUT2D eigenvalue weighted by Crippen LogP contribution is 2.45. The molecule has 0 aromatic heterocycles. The summed E-state index contributed by atoms with van der Waals surface area (Å²) in [5, 5.41) is 10.1. The largest absolute Gasteiger partial charge is 0.387 e. The van der Waals surface area contributed by atoms with E-state index in [0.29, 0.717) is 12.0 Å². The van der Waals surface area contributed by atoms with Crippen molar-refractivity contribution in [3.05, 3.63) is 0 Å². The monoisotopic (exact) mass is 183 g/mol. The molecule has 2 rings (SSSR count). The van der Waals surface area contributed by atoms with Gasteiger partial charge in [-0.25, -0.2) is 0 Å². The molecular weight excluding hydrogens is 162 g/mol. The van der Waals surface area contributed by atoms with E-state index in [1.807, 2.05) is 0 Å². The first-order valence-electron chi connectivity index (χ1n) is 5.62. The summed E-state index contributed by atoms with van der Waals surface area (Å²) in [5.74, 6) is 0.637. The van der Waals surface area contributed by atoms with Crippen molar-refractivity contribution in [1.82, 2.24) is 4.90 Å². The van der Waals surface area contributed by atoms with E-state index in [0.717, 1.165) is 13.1 Å². The quantitative estimate of drug-likeness (QED) is 0.716. The minimum Gasteiger partial charge on any atom is -0.387 e. The van der Waals surface area contributed by atoms with Crippen LogP contribution in [0.4, 0.5) is 0 Å². The zero-order chi connectivity index (χ0) is 9.47. The third-order valence-corrected chi connectivity index (χ3v) is 3.62. The van der Waals surface area contributed by atoms with Gasteiger partial charge in [-0.05, 0) is 32.1 Å². The minimum atomic E-state index is -0.290. The van der Waals surface area contributed by atoms with Crippen LogP contribution in [0.1, 0.15) is 39.5 Å². The van der Waals surface area contributed by atoms with Gasteiger partial charge in [0.25, 0.3) is 0 Å². The summed E-state index contributed by atoms with van der Waals surface area (Å²) in [5.41, 5.74) is -0.290. The van der Waals surface area contributed by atoms with Gasteiger partial charge < -0.3 is 5.11 Å². The van der Waals surface area contributed by atoms with Crippen LogP contribution in [0.25, 0.3) is 0 Å². The van der Waals surface area contributed by atoms with Crippen molar-refractivity contribution in [3.63, 3.8) is 0 Å². The average molecular weight is 183 g/mol. The standard InChI is InChI=1S/C11H21NO/c1-3-4-9(2)12-7-11(13,8-12)10-5-6-10/h9-10,13H,3-8H2,1-2H3. The maximum atomic E-state index is 10.1. The summed E-state index contributed by atoms with van der Waals surface area (Å²) in [6.07, 6.45) is 5.03. The maximum Gasteiger partial charge on any atom is 0.0928 e. The molecule has 1 atom stereocenters. The molecule has 2 aliphatic rings. The molecule has 76 valence electrons. The molecule has 1 saturated carbocycles. The topological polar surface area (TPSA) is 23.5 Å². The highest BCUT2D eigenvalue weighted by atomic mass is 16.3. The predicted octanol–water partition coefficient (Wildman–Crippen LogP) is 1.63. The molecule has 1 N–H and O–H groups in total.